The van der Waals surface area contributed by atoms with Crippen LogP contribution in [0.4, 0.5) is 0 Å². The highest BCUT2D eigenvalue weighted by Crippen LogP contribution is 2.24. The number of carbonyl (C=O) groups is 1. The number of nitrogens with zero attached hydrogens (tertiary/aromatic N) is 2. The van der Waals surface area contributed by atoms with Crippen LogP contribution < -0.4 is 5.32 Å². The van der Waals surface area contributed by atoms with E-state index in [0.29, 0.717) is 27.7 Å². The Kier molecular flexibility index (Phi) is 5.32. The van der Waals surface area contributed by atoms with Crippen molar-refractivity contribution >= 4 is 17.5 Å². The summed E-state index contributed by atoms with van der Waals surface area (Å²) in [6.45, 7) is 1.79. The predicted molar refractivity (Wildman–Crippen MR) is 96.4 cm³/mol. The minimum atomic E-state index is -1.45. The Bertz CT molecular complexity index is 914. The minimum Gasteiger partial charge on any atom is -0.384 e. The fraction of sp³-hybridized carbons (Fsp3) is 0.167. The summed E-state index contributed by atoms with van der Waals surface area (Å²) in [5.74, 6) is -0.554. The van der Waals surface area contributed by atoms with Gasteiger partial charge in [-0.25, -0.2) is 9.97 Å². The van der Waals surface area contributed by atoms with E-state index in [9.17, 15) is 15.0 Å². The van der Waals surface area contributed by atoms with Crippen LogP contribution in [0.5, 0.6) is 0 Å². The monoisotopic (exact) mass is 372 g/mol. The summed E-state index contributed by atoms with van der Waals surface area (Å²) >= 11 is 5.88. The molecule has 3 aromatic rings. The van der Waals surface area contributed by atoms with Gasteiger partial charge in [0.05, 0.1) is 5.69 Å². The summed E-state index contributed by atoms with van der Waals surface area (Å²) in [5.41, 5.74) is 2.70. The SMILES string of the molecule is Cc1[nH]c(C(=O)NC(O)C(O)c2ccccc2)cc1-c1cc(Cl)ncn1. The summed E-state index contributed by atoms with van der Waals surface area (Å²) < 4.78 is 0. The van der Waals surface area contributed by atoms with Gasteiger partial charge in [0, 0.05) is 17.3 Å². The maximum Gasteiger partial charge on any atom is 0.269 e. The lowest BCUT2D eigenvalue weighted by Crippen LogP contribution is -2.39. The van der Waals surface area contributed by atoms with Crippen LogP contribution in [0.1, 0.15) is 27.8 Å². The number of aliphatic hydroxyl groups excluding tert-OH is 2. The molecule has 0 spiro atoms. The van der Waals surface area contributed by atoms with E-state index in [1.807, 2.05) is 0 Å². The molecule has 2 unspecified atom stereocenters. The van der Waals surface area contributed by atoms with Gasteiger partial charge in [-0.1, -0.05) is 41.9 Å². The molecule has 2 aromatic heterocycles. The van der Waals surface area contributed by atoms with Crippen LogP contribution >= 0.6 is 11.6 Å². The third kappa shape index (κ3) is 3.91. The zero-order chi connectivity index (χ0) is 18.7. The lowest BCUT2D eigenvalue weighted by molar-refractivity contribution is -0.000956. The Labute approximate surface area is 154 Å². The van der Waals surface area contributed by atoms with E-state index in [-0.39, 0.29) is 5.69 Å². The Balaban J connectivity index is 1.75. The van der Waals surface area contributed by atoms with Crippen LogP contribution in [0.15, 0.2) is 48.8 Å². The summed E-state index contributed by atoms with van der Waals surface area (Å²) in [6.07, 6.45) is -1.36. The lowest BCUT2D eigenvalue weighted by Gasteiger charge is -2.19. The van der Waals surface area contributed by atoms with Crippen LogP contribution in [0, 0.1) is 6.92 Å². The van der Waals surface area contributed by atoms with Gasteiger partial charge in [0.25, 0.3) is 5.91 Å². The highest BCUT2D eigenvalue weighted by molar-refractivity contribution is 6.29. The van der Waals surface area contributed by atoms with E-state index in [1.165, 1.54) is 6.33 Å². The molecule has 0 aliphatic heterocycles. The number of halogens is 1. The van der Waals surface area contributed by atoms with Crippen molar-refractivity contribution in [2.24, 2.45) is 0 Å². The molecule has 2 atom stereocenters. The highest BCUT2D eigenvalue weighted by Gasteiger charge is 2.22. The molecule has 0 bridgehead atoms. The summed E-state index contributed by atoms with van der Waals surface area (Å²) in [4.78, 5) is 23.3. The van der Waals surface area contributed by atoms with Crippen molar-refractivity contribution in [1.29, 1.82) is 0 Å². The average Bonchev–Trinajstić information content (AvgIpc) is 3.03. The molecular weight excluding hydrogens is 356 g/mol. The fourth-order valence-electron chi connectivity index (χ4n) is 2.55. The van der Waals surface area contributed by atoms with E-state index in [1.54, 1.807) is 49.4 Å². The predicted octanol–water partition coefficient (Wildman–Crippen LogP) is 2.22. The molecule has 4 N–H and O–H groups in total. The molecule has 8 heteroatoms. The molecule has 0 fully saturated rings. The van der Waals surface area contributed by atoms with Gasteiger partial charge in [0.2, 0.25) is 0 Å². The largest absolute Gasteiger partial charge is 0.384 e. The molecule has 3 rings (SSSR count). The second kappa shape index (κ2) is 7.65. The molecule has 0 radical (unpaired) electrons. The molecule has 1 amide bonds. The van der Waals surface area contributed by atoms with E-state index in [2.05, 4.69) is 20.3 Å². The number of nitrogens with one attached hydrogen (secondary N) is 2. The molecule has 0 aliphatic rings. The molecule has 26 heavy (non-hydrogen) atoms. The Hall–Kier alpha value is -2.74. The van der Waals surface area contributed by atoms with Gasteiger partial charge in [-0.15, -0.1) is 0 Å². The van der Waals surface area contributed by atoms with Crippen molar-refractivity contribution in [2.75, 3.05) is 0 Å². The first kappa shape index (κ1) is 18.1. The van der Waals surface area contributed by atoms with Gasteiger partial charge in [-0.3, -0.25) is 4.79 Å². The number of hydrogen-bond donors (Lipinski definition) is 4. The number of H-pyrrole nitrogens is 1. The van der Waals surface area contributed by atoms with Crippen molar-refractivity contribution in [1.82, 2.24) is 20.3 Å². The number of benzene rings is 1. The number of hydrogen-bond acceptors (Lipinski definition) is 5. The maximum atomic E-state index is 12.4. The maximum absolute atomic E-state index is 12.4. The molecule has 7 nitrogen and oxygen atoms in total. The van der Waals surface area contributed by atoms with Crippen molar-refractivity contribution in [2.45, 2.75) is 19.3 Å². The summed E-state index contributed by atoms with van der Waals surface area (Å²) in [5, 5.41) is 22.9. The van der Waals surface area contributed by atoms with Crippen molar-refractivity contribution in [3.05, 3.63) is 70.9 Å². The van der Waals surface area contributed by atoms with E-state index in [0.717, 1.165) is 0 Å². The first-order valence-electron chi connectivity index (χ1n) is 7.85. The highest BCUT2D eigenvalue weighted by atomic mass is 35.5. The number of rotatable bonds is 5. The number of amides is 1. The van der Waals surface area contributed by atoms with Gasteiger partial charge in [-0.2, -0.15) is 0 Å². The first-order chi connectivity index (χ1) is 12.5. The number of carbonyl (C=O) groups excluding carboxylic acids is 1. The van der Waals surface area contributed by atoms with Crippen molar-refractivity contribution in [3.8, 4) is 11.3 Å². The first-order valence-corrected chi connectivity index (χ1v) is 8.23. The minimum absolute atomic E-state index is 0.228. The van der Waals surface area contributed by atoms with Gasteiger partial charge in [-0.05, 0) is 18.6 Å². The van der Waals surface area contributed by atoms with E-state index < -0.39 is 18.2 Å². The zero-order valence-corrected chi connectivity index (χ0v) is 14.6. The number of aliphatic hydroxyl groups is 2. The van der Waals surface area contributed by atoms with Gasteiger partial charge in [0.15, 0.2) is 6.23 Å². The molecule has 0 aliphatic carbocycles. The van der Waals surface area contributed by atoms with Crippen LogP contribution in [0.25, 0.3) is 11.3 Å². The molecule has 134 valence electrons. The smallest absolute Gasteiger partial charge is 0.269 e. The quantitative estimate of drug-likeness (QED) is 0.405. The van der Waals surface area contributed by atoms with Crippen LogP contribution in [0.2, 0.25) is 5.15 Å². The second-order valence-electron chi connectivity index (χ2n) is 5.72. The molecule has 2 heterocycles. The lowest BCUT2D eigenvalue weighted by atomic mass is 10.1. The summed E-state index contributed by atoms with van der Waals surface area (Å²) in [6, 6.07) is 11.8. The molecule has 0 saturated carbocycles. The zero-order valence-electron chi connectivity index (χ0n) is 13.8. The Morgan fingerprint density at radius 3 is 2.62 bits per heavy atom. The van der Waals surface area contributed by atoms with Crippen molar-refractivity contribution in [3.63, 3.8) is 0 Å². The van der Waals surface area contributed by atoms with Gasteiger partial charge >= 0.3 is 0 Å². The van der Waals surface area contributed by atoms with Crippen LogP contribution in [-0.2, 0) is 0 Å². The third-order valence-electron chi connectivity index (χ3n) is 3.89. The normalized spacial score (nSPS) is 13.2. The van der Waals surface area contributed by atoms with Gasteiger partial charge in [0.1, 0.15) is 23.3 Å². The van der Waals surface area contributed by atoms with Crippen LogP contribution in [0.3, 0.4) is 0 Å². The number of aryl methyl sites for hydroxylation is 1. The number of aromatic nitrogens is 3. The second-order valence-corrected chi connectivity index (χ2v) is 6.11. The van der Waals surface area contributed by atoms with Crippen molar-refractivity contribution < 1.29 is 15.0 Å². The van der Waals surface area contributed by atoms with E-state index >= 15 is 0 Å². The fourth-order valence-corrected chi connectivity index (χ4v) is 2.70. The molecule has 1 aromatic carbocycles. The molecular formula is C18H17ClN4O3. The standard InChI is InChI=1S/C18H17ClN4O3/c1-10-12(13-8-15(19)21-9-20-13)7-14(22-10)17(25)23-18(26)16(24)11-5-3-2-4-6-11/h2-9,16,18,22,24,26H,1H3,(H,23,25). The molecule has 0 saturated heterocycles. The average molecular weight is 373 g/mol. The Morgan fingerprint density at radius 2 is 1.92 bits per heavy atom. The topological polar surface area (TPSA) is 111 Å². The summed E-state index contributed by atoms with van der Waals surface area (Å²) in [7, 11) is 0. The third-order valence-corrected chi connectivity index (χ3v) is 4.09. The van der Waals surface area contributed by atoms with Crippen LogP contribution in [-0.4, -0.2) is 37.3 Å². The Morgan fingerprint density at radius 1 is 1.19 bits per heavy atom. The van der Waals surface area contributed by atoms with E-state index in [4.69, 9.17) is 11.6 Å². The number of aromatic amines is 1. The van der Waals surface area contributed by atoms with Gasteiger partial charge < -0.3 is 20.5 Å².